The minimum Gasteiger partial charge on any atom is -0.504 e. The number of para-hydroxylation sites is 1. The van der Waals surface area contributed by atoms with Crippen LogP contribution in [0.15, 0.2) is 42.3 Å². The molecule has 0 radical (unpaired) electrons. The average molecular weight is 247 g/mol. The molecular formula is C12H15N4O2+. The van der Waals surface area contributed by atoms with Crippen molar-refractivity contribution in [1.29, 1.82) is 5.39 Å². The van der Waals surface area contributed by atoms with Crippen molar-refractivity contribution in [2.24, 2.45) is 0 Å². The van der Waals surface area contributed by atoms with Crippen LogP contribution in [0.4, 0.5) is 10.5 Å². The molecule has 18 heavy (non-hydrogen) atoms. The molecule has 94 valence electrons. The van der Waals surface area contributed by atoms with E-state index >= 15 is 0 Å². The second-order valence-electron chi connectivity index (χ2n) is 3.59. The van der Waals surface area contributed by atoms with E-state index in [0.29, 0.717) is 12.1 Å². The van der Waals surface area contributed by atoms with E-state index in [1.807, 2.05) is 6.07 Å². The number of hydrogen-bond donors (Lipinski definition) is 3. The lowest BCUT2D eigenvalue weighted by molar-refractivity contribution is 0.244. The van der Waals surface area contributed by atoms with Crippen molar-refractivity contribution in [2.45, 2.75) is 19.4 Å². The van der Waals surface area contributed by atoms with Gasteiger partial charge in [-0.2, -0.15) is 0 Å². The third-order valence-corrected chi connectivity index (χ3v) is 2.29. The summed E-state index contributed by atoms with van der Waals surface area (Å²) in [6.07, 6.45) is 1.36. The quantitative estimate of drug-likeness (QED) is 0.564. The maximum absolute atomic E-state index is 11.6. The second-order valence-corrected chi connectivity index (χ2v) is 3.59. The van der Waals surface area contributed by atoms with Crippen molar-refractivity contribution < 1.29 is 9.90 Å². The van der Waals surface area contributed by atoms with E-state index in [4.69, 9.17) is 5.39 Å². The molecule has 6 heteroatoms. The number of nitrogens with zero attached hydrogens (tertiary/aromatic N) is 2. The fourth-order valence-electron chi connectivity index (χ4n) is 1.38. The maximum atomic E-state index is 11.6. The first-order valence-electron chi connectivity index (χ1n) is 5.53. The molecule has 0 aliphatic heterocycles. The van der Waals surface area contributed by atoms with Crippen molar-refractivity contribution in [3.63, 3.8) is 0 Å². The van der Waals surface area contributed by atoms with Gasteiger partial charge in [-0.05, 0) is 18.6 Å². The number of urea groups is 1. The highest BCUT2D eigenvalue weighted by Gasteiger charge is 2.17. The predicted octanol–water partition coefficient (Wildman–Crippen LogP) is 2.84. The Balaban J connectivity index is 2.59. The number of hydrogen-bond acceptors (Lipinski definition) is 3. The molecule has 3 N–H and O–H groups in total. The number of aliphatic hydroxyl groups excluding tert-OH is 1. The standard InChI is InChI=1S/C12H14N4O2/c1-2-10(11(17)8-14-13)16-12(18)15-9-6-4-3-5-7-9/h3-8,10H,2H2,1H3,(H2-,15,16,17,18)/p+1. The van der Waals surface area contributed by atoms with Crippen molar-refractivity contribution in [1.82, 2.24) is 5.32 Å². The summed E-state index contributed by atoms with van der Waals surface area (Å²) in [6, 6.07) is 7.91. The SMILES string of the molecule is CCC(NC(=O)Nc1ccccc1)C(O)=C[N+]#N. The lowest BCUT2D eigenvalue weighted by atomic mass is 10.2. The van der Waals surface area contributed by atoms with Crippen LogP contribution in [-0.4, -0.2) is 17.2 Å². The van der Waals surface area contributed by atoms with Gasteiger partial charge in [-0.25, -0.2) is 4.79 Å². The zero-order valence-corrected chi connectivity index (χ0v) is 10.00. The molecule has 0 spiro atoms. The zero-order chi connectivity index (χ0) is 13.4. The van der Waals surface area contributed by atoms with Gasteiger partial charge in [-0.3, -0.25) is 0 Å². The molecule has 0 aromatic heterocycles. The Morgan fingerprint density at radius 2 is 2.17 bits per heavy atom. The van der Waals surface area contributed by atoms with Crippen molar-refractivity contribution in [3.05, 3.63) is 47.3 Å². The van der Waals surface area contributed by atoms with Gasteiger partial charge >= 0.3 is 12.2 Å². The third kappa shape index (κ3) is 4.14. The van der Waals surface area contributed by atoms with Crippen LogP contribution in [0, 0.1) is 5.39 Å². The summed E-state index contributed by atoms with van der Waals surface area (Å²) in [6.45, 7) is 1.79. The first kappa shape index (κ1) is 13.5. The average Bonchev–Trinajstić information content (AvgIpc) is 2.37. The molecule has 2 amide bonds. The van der Waals surface area contributed by atoms with Crippen LogP contribution in [-0.2, 0) is 0 Å². The third-order valence-electron chi connectivity index (χ3n) is 2.29. The van der Waals surface area contributed by atoms with E-state index in [1.165, 1.54) is 0 Å². The van der Waals surface area contributed by atoms with E-state index < -0.39 is 12.1 Å². The Morgan fingerprint density at radius 1 is 1.50 bits per heavy atom. The Kier molecular flexibility index (Phi) is 5.19. The van der Waals surface area contributed by atoms with Crippen LogP contribution in [0.3, 0.4) is 0 Å². The number of aliphatic hydroxyl groups is 1. The van der Waals surface area contributed by atoms with Crippen LogP contribution < -0.4 is 10.6 Å². The summed E-state index contributed by atoms with van der Waals surface area (Å²) in [5.74, 6) is -0.205. The summed E-state index contributed by atoms with van der Waals surface area (Å²) in [5.41, 5.74) is 0.653. The predicted molar refractivity (Wildman–Crippen MR) is 68.5 cm³/mol. The van der Waals surface area contributed by atoms with Gasteiger partial charge in [0.15, 0.2) is 4.98 Å². The fraction of sp³-hybridized carbons (Fsp3) is 0.250. The van der Waals surface area contributed by atoms with Gasteiger partial charge in [0.25, 0.3) is 0 Å². The summed E-state index contributed by atoms with van der Waals surface area (Å²) >= 11 is 0. The molecule has 0 heterocycles. The fourth-order valence-corrected chi connectivity index (χ4v) is 1.38. The smallest absolute Gasteiger partial charge is 0.389 e. The monoisotopic (exact) mass is 247 g/mol. The molecule has 0 saturated carbocycles. The number of amides is 2. The van der Waals surface area contributed by atoms with Crippen LogP contribution in [0.2, 0.25) is 0 Å². The molecule has 0 bridgehead atoms. The molecule has 1 unspecified atom stereocenters. The first-order chi connectivity index (χ1) is 8.67. The highest BCUT2D eigenvalue weighted by molar-refractivity contribution is 5.89. The van der Waals surface area contributed by atoms with Crippen LogP contribution >= 0.6 is 0 Å². The molecule has 1 atom stereocenters. The Labute approximate surface area is 105 Å². The summed E-state index contributed by atoms with van der Waals surface area (Å²) in [5, 5.41) is 23.0. The molecule has 1 aromatic rings. The van der Waals surface area contributed by atoms with E-state index in [9.17, 15) is 9.90 Å². The topological polar surface area (TPSA) is 89.5 Å². The number of rotatable bonds is 4. The van der Waals surface area contributed by atoms with Crippen molar-refractivity contribution >= 4 is 11.7 Å². The number of anilines is 1. The molecule has 1 rings (SSSR count). The van der Waals surface area contributed by atoms with Crippen LogP contribution in [0.5, 0.6) is 0 Å². The van der Waals surface area contributed by atoms with E-state index in [-0.39, 0.29) is 5.76 Å². The zero-order valence-electron chi connectivity index (χ0n) is 10.00. The van der Waals surface area contributed by atoms with Crippen LogP contribution in [0.25, 0.3) is 4.98 Å². The van der Waals surface area contributed by atoms with Gasteiger partial charge in [0.2, 0.25) is 11.2 Å². The lowest BCUT2D eigenvalue weighted by Gasteiger charge is -2.14. The Bertz CT molecular complexity index is 465. The van der Waals surface area contributed by atoms with Gasteiger partial charge in [0, 0.05) is 5.69 Å². The van der Waals surface area contributed by atoms with E-state index in [2.05, 4.69) is 15.6 Å². The van der Waals surface area contributed by atoms with E-state index in [0.717, 1.165) is 6.20 Å². The summed E-state index contributed by atoms with van der Waals surface area (Å²) < 4.78 is 0. The number of carbonyl (C=O) groups excluding carboxylic acids is 1. The van der Waals surface area contributed by atoms with Crippen molar-refractivity contribution in [3.8, 4) is 0 Å². The second kappa shape index (κ2) is 6.91. The minimum atomic E-state index is -0.593. The minimum absolute atomic E-state index is 0.205. The summed E-state index contributed by atoms with van der Waals surface area (Å²) in [4.78, 5) is 14.3. The Morgan fingerprint density at radius 3 is 2.72 bits per heavy atom. The number of nitrogens with one attached hydrogen (secondary N) is 2. The molecule has 0 saturated heterocycles. The van der Waals surface area contributed by atoms with E-state index in [1.54, 1.807) is 31.2 Å². The molecule has 1 aromatic carbocycles. The number of diazo groups is 1. The van der Waals surface area contributed by atoms with Gasteiger partial charge in [0.1, 0.15) is 0 Å². The molecule has 6 nitrogen and oxygen atoms in total. The molecule has 0 aliphatic carbocycles. The normalized spacial score (nSPS) is 12.3. The Hall–Kier alpha value is -2.55. The van der Waals surface area contributed by atoms with Gasteiger partial charge in [0.05, 0.1) is 6.04 Å². The molecule has 0 aliphatic rings. The van der Waals surface area contributed by atoms with Crippen LogP contribution in [0.1, 0.15) is 13.3 Å². The van der Waals surface area contributed by atoms with Gasteiger partial charge < -0.3 is 15.7 Å². The summed E-state index contributed by atoms with van der Waals surface area (Å²) in [7, 11) is 0. The largest absolute Gasteiger partial charge is 0.504 e. The molecule has 0 fully saturated rings. The lowest BCUT2D eigenvalue weighted by Crippen LogP contribution is -2.38. The van der Waals surface area contributed by atoms with Crippen molar-refractivity contribution in [2.75, 3.05) is 5.32 Å². The number of carbonyl (C=O) groups is 1. The number of benzene rings is 1. The van der Waals surface area contributed by atoms with Gasteiger partial charge in [-0.15, -0.1) is 0 Å². The molecular weight excluding hydrogens is 232 g/mol. The first-order valence-corrected chi connectivity index (χ1v) is 5.53. The highest BCUT2D eigenvalue weighted by atomic mass is 16.3. The highest BCUT2D eigenvalue weighted by Crippen LogP contribution is 2.07. The maximum Gasteiger partial charge on any atom is 0.389 e. The van der Waals surface area contributed by atoms with Gasteiger partial charge in [-0.1, -0.05) is 25.1 Å².